The molecule has 3 amide bonds. The highest BCUT2D eigenvalue weighted by Crippen LogP contribution is 2.29. The minimum absolute atomic E-state index is 0.0240. The zero-order valence-electron chi connectivity index (χ0n) is 17.8. The molecule has 8 nitrogen and oxygen atoms in total. The summed E-state index contributed by atoms with van der Waals surface area (Å²) < 4.78 is 41.7. The van der Waals surface area contributed by atoms with Gasteiger partial charge >= 0.3 is 12.2 Å². The van der Waals surface area contributed by atoms with Gasteiger partial charge in [0.1, 0.15) is 0 Å². The Bertz CT molecular complexity index is 1160. The maximum atomic E-state index is 13.9. The number of amides is 3. The van der Waals surface area contributed by atoms with Crippen LogP contribution < -0.4 is 10.6 Å². The molecule has 35 heavy (non-hydrogen) atoms. The molecule has 12 heteroatoms. The monoisotopic (exact) mass is 504 g/mol. The van der Waals surface area contributed by atoms with E-state index in [-0.39, 0.29) is 15.7 Å². The van der Waals surface area contributed by atoms with Crippen LogP contribution in [0.5, 0.6) is 0 Å². The summed E-state index contributed by atoms with van der Waals surface area (Å²) in [6.45, 7) is 0. The van der Waals surface area contributed by atoms with Crippen LogP contribution in [0.25, 0.3) is 0 Å². The molecule has 0 aliphatic heterocycles. The average Bonchev–Trinajstić information content (AvgIpc) is 2.83. The minimum Gasteiger partial charge on any atom is -0.327 e. The van der Waals surface area contributed by atoms with Gasteiger partial charge in [0.05, 0.1) is 10.8 Å². The number of nitrogens with zero attached hydrogens (tertiary/aromatic N) is 2. The van der Waals surface area contributed by atoms with Crippen LogP contribution in [-0.2, 0) is 4.79 Å². The molecule has 0 aromatic heterocycles. The van der Waals surface area contributed by atoms with Gasteiger partial charge in [-0.3, -0.25) is 14.9 Å². The summed E-state index contributed by atoms with van der Waals surface area (Å²) in [6, 6.07) is 19.7. The van der Waals surface area contributed by atoms with E-state index in [1.807, 2.05) is 5.32 Å². The van der Waals surface area contributed by atoms with Crippen molar-refractivity contribution in [2.45, 2.75) is 18.3 Å². The number of nitro benzene ring substituents is 1. The third-order valence-corrected chi connectivity index (χ3v) is 5.29. The molecule has 0 saturated carbocycles. The van der Waals surface area contributed by atoms with E-state index in [0.29, 0.717) is 11.1 Å². The second-order valence-electron chi connectivity index (χ2n) is 7.29. The fourth-order valence-electron chi connectivity index (χ4n) is 3.28. The van der Waals surface area contributed by atoms with Crippen LogP contribution in [0.3, 0.4) is 0 Å². The summed E-state index contributed by atoms with van der Waals surface area (Å²) in [5.41, 5.74) is 0.400. The Balaban J connectivity index is 1.86. The van der Waals surface area contributed by atoms with Crippen molar-refractivity contribution >= 4 is 36.1 Å². The zero-order chi connectivity index (χ0) is 25.6. The van der Waals surface area contributed by atoms with Gasteiger partial charge in [-0.05, 0) is 17.2 Å². The number of carbonyl (C=O) groups is 2. The first-order chi connectivity index (χ1) is 16.6. The molecule has 0 bridgehead atoms. The minimum atomic E-state index is -5.09. The fourth-order valence-corrected chi connectivity index (χ4v) is 3.52. The van der Waals surface area contributed by atoms with E-state index >= 15 is 0 Å². The Labute approximate surface area is 203 Å². The molecule has 3 aromatic rings. The predicted octanol–water partition coefficient (Wildman–Crippen LogP) is 5.11. The highest BCUT2D eigenvalue weighted by atomic mass is 32.1. The van der Waals surface area contributed by atoms with Crippen LogP contribution in [0, 0.1) is 10.1 Å². The van der Waals surface area contributed by atoms with Crippen molar-refractivity contribution in [3.8, 4) is 0 Å². The molecule has 3 rings (SSSR count). The Morgan fingerprint density at radius 2 is 1.46 bits per heavy atom. The van der Waals surface area contributed by atoms with Gasteiger partial charge < -0.3 is 10.6 Å². The summed E-state index contributed by atoms with van der Waals surface area (Å²) in [6.07, 6.45) is -7.89. The molecular formula is C23H19F3N4O4S. The summed E-state index contributed by atoms with van der Waals surface area (Å²) in [4.78, 5) is 35.8. The number of nitro groups is 1. The smallest absolute Gasteiger partial charge is 0.327 e. The van der Waals surface area contributed by atoms with Crippen molar-refractivity contribution < 1.29 is 27.7 Å². The van der Waals surface area contributed by atoms with Crippen molar-refractivity contribution in [2.75, 3.05) is 5.32 Å². The van der Waals surface area contributed by atoms with Gasteiger partial charge in [0.2, 0.25) is 12.1 Å². The van der Waals surface area contributed by atoms with Gasteiger partial charge in [-0.2, -0.15) is 13.2 Å². The third-order valence-electron chi connectivity index (χ3n) is 4.88. The van der Waals surface area contributed by atoms with Crippen molar-refractivity contribution in [1.29, 1.82) is 0 Å². The molecule has 2 N–H and O–H groups in total. The lowest BCUT2D eigenvalue weighted by Gasteiger charge is -2.31. The van der Waals surface area contributed by atoms with Crippen molar-refractivity contribution in [3.05, 3.63) is 106 Å². The lowest BCUT2D eigenvalue weighted by molar-refractivity contribution is -0.384. The molecule has 182 valence electrons. The van der Waals surface area contributed by atoms with Crippen LogP contribution in [0.4, 0.5) is 29.3 Å². The number of nitrogens with one attached hydrogen (secondary N) is 2. The maximum absolute atomic E-state index is 13.9. The number of non-ortho nitro benzene ring substituents is 1. The molecule has 0 aliphatic carbocycles. The quantitative estimate of drug-likeness (QED) is 0.180. The SMILES string of the molecule is O=C(NC(N(S)C(=O)Nc1cccc([N+](=O)[O-])c1)C(F)(F)F)C(c1ccccc1)c1ccccc1. The lowest BCUT2D eigenvalue weighted by Crippen LogP contribution is -2.56. The predicted molar refractivity (Wildman–Crippen MR) is 126 cm³/mol. The largest absolute Gasteiger partial charge is 0.428 e. The van der Waals surface area contributed by atoms with Crippen LogP contribution in [0.15, 0.2) is 84.9 Å². The molecular weight excluding hydrogens is 485 g/mol. The molecule has 0 heterocycles. The van der Waals surface area contributed by atoms with E-state index in [9.17, 15) is 32.9 Å². The van der Waals surface area contributed by atoms with Crippen LogP contribution in [0.1, 0.15) is 17.0 Å². The molecule has 0 fully saturated rings. The number of urea groups is 1. The molecule has 0 spiro atoms. The van der Waals surface area contributed by atoms with Crippen molar-refractivity contribution in [1.82, 2.24) is 9.62 Å². The maximum Gasteiger partial charge on any atom is 0.428 e. The summed E-state index contributed by atoms with van der Waals surface area (Å²) in [7, 11) is 0. The van der Waals surface area contributed by atoms with Gasteiger partial charge in [0.15, 0.2) is 0 Å². The first-order valence-electron chi connectivity index (χ1n) is 10.1. The van der Waals surface area contributed by atoms with E-state index in [1.165, 1.54) is 12.1 Å². The van der Waals surface area contributed by atoms with Crippen LogP contribution in [-0.4, -0.2) is 33.5 Å². The Kier molecular flexibility index (Phi) is 7.97. The van der Waals surface area contributed by atoms with E-state index in [2.05, 4.69) is 18.1 Å². The molecule has 1 atom stereocenters. The second-order valence-corrected chi connectivity index (χ2v) is 7.72. The average molecular weight is 504 g/mol. The number of hydrogen-bond acceptors (Lipinski definition) is 5. The van der Waals surface area contributed by atoms with Crippen LogP contribution in [0.2, 0.25) is 0 Å². The van der Waals surface area contributed by atoms with Gasteiger partial charge in [-0.1, -0.05) is 79.5 Å². The Morgan fingerprint density at radius 3 is 1.94 bits per heavy atom. The Morgan fingerprint density at radius 1 is 0.914 bits per heavy atom. The number of rotatable bonds is 7. The van der Waals surface area contributed by atoms with E-state index in [4.69, 9.17) is 0 Å². The zero-order valence-corrected chi connectivity index (χ0v) is 18.7. The number of halogens is 3. The number of thiol groups is 1. The van der Waals surface area contributed by atoms with E-state index in [0.717, 1.165) is 12.1 Å². The normalized spacial score (nSPS) is 12.0. The number of alkyl halides is 3. The highest BCUT2D eigenvalue weighted by Gasteiger charge is 2.47. The second kappa shape index (κ2) is 10.9. The highest BCUT2D eigenvalue weighted by molar-refractivity contribution is 7.78. The summed E-state index contributed by atoms with van der Waals surface area (Å²) in [5, 5.41) is 14.9. The topological polar surface area (TPSA) is 105 Å². The molecule has 0 aliphatic rings. The molecule has 0 saturated heterocycles. The van der Waals surface area contributed by atoms with Gasteiger partial charge in [-0.15, -0.1) is 0 Å². The van der Waals surface area contributed by atoms with Gasteiger partial charge in [-0.25, -0.2) is 9.10 Å². The molecule has 3 aromatic carbocycles. The first kappa shape index (κ1) is 25.6. The number of anilines is 1. The van der Waals surface area contributed by atoms with E-state index in [1.54, 1.807) is 60.7 Å². The number of hydrogen-bond donors (Lipinski definition) is 3. The molecule has 1 unspecified atom stereocenters. The van der Waals surface area contributed by atoms with E-state index < -0.39 is 35.1 Å². The number of carbonyl (C=O) groups excluding carboxylic acids is 2. The lowest BCUT2D eigenvalue weighted by atomic mass is 9.90. The summed E-state index contributed by atoms with van der Waals surface area (Å²) in [5.74, 6) is -2.10. The van der Waals surface area contributed by atoms with Crippen molar-refractivity contribution in [2.24, 2.45) is 0 Å². The van der Waals surface area contributed by atoms with Crippen LogP contribution >= 0.6 is 12.8 Å². The fraction of sp³-hybridized carbons (Fsp3) is 0.130. The van der Waals surface area contributed by atoms with Crippen molar-refractivity contribution in [3.63, 3.8) is 0 Å². The number of benzene rings is 3. The summed E-state index contributed by atoms with van der Waals surface area (Å²) >= 11 is 3.68. The molecule has 0 radical (unpaired) electrons. The van der Waals surface area contributed by atoms with Gasteiger partial charge in [0, 0.05) is 17.8 Å². The van der Waals surface area contributed by atoms with Gasteiger partial charge in [0.25, 0.3) is 5.69 Å². The Hall–Kier alpha value is -4.06. The third kappa shape index (κ3) is 6.51. The first-order valence-corrected chi connectivity index (χ1v) is 10.5. The standard InChI is InChI=1S/C23H19F3N4O4S/c24-23(25,26)21(29(35)22(32)27-17-12-7-13-18(14-17)30(33)34)28-20(31)19(15-8-3-1-4-9-15)16-10-5-2-6-11-16/h1-14,19,21,35H,(H,27,32)(H,28,31).